The van der Waals surface area contributed by atoms with Gasteiger partial charge in [-0.15, -0.1) is 11.3 Å². The molecule has 1 aliphatic heterocycles. The normalized spacial score (nSPS) is 16.1. The molecular weight excluding hydrogens is 454 g/mol. The minimum Gasteiger partial charge on any atom is -0.339 e. The molecule has 1 aliphatic carbocycles. The molecule has 35 heavy (non-hydrogen) atoms. The third kappa shape index (κ3) is 4.48. The first-order valence-electron chi connectivity index (χ1n) is 12.5. The Labute approximate surface area is 209 Å². The van der Waals surface area contributed by atoms with E-state index in [0.29, 0.717) is 6.54 Å². The predicted octanol–water partition coefficient (Wildman–Crippen LogP) is 5.67. The summed E-state index contributed by atoms with van der Waals surface area (Å²) >= 11 is 1.50. The second-order valence-electron chi connectivity index (χ2n) is 9.27. The van der Waals surface area contributed by atoms with Crippen molar-refractivity contribution in [1.82, 2.24) is 14.9 Å². The lowest BCUT2D eigenvalue weighted by Crippen LogP contribution is -2.35. The highest BCUT2D eigenvalue weighted by molar-refractivity contribution is 7.12. The van der Waals surface area contributed by atoms with E-state index in [1.165, 1.54) is 35.3 Å². The van der Waals surface area contributed by atoms with Crippen LogP contribution in [-0.4, -0.2) is 47.0 Å². The van der Waals surface area contributed by atoms with Gasteiger partial charge in [0.2, 0.25) is 5.95 Å². The number of carbonyl (C=O) groups is 1. The number of para-hydroxylation sites is 1. The van der Waals surface area contributed by atoms with Crippen LogP contribution in [0.15, 0.2) is 60.0 Å². The number of nitrogens with zero attached hydrogens (tertiary/aromatic N) is 4. The maximum Gasteiger partial charge on any atom is 0.263 e. The van der Waals surface area contributed by atoms with E-state index in [1.54, 1.807) is 0 Å². The minimum atomic E-state index is 0.123. The molecular formula is C28H29N5OS. The summed E-state index contributed by atoms with van der Waals surface area (Å²) in [5.74, 6) is 1.69. The molecule has 0 bridgehead atoms. The monoisotopic (exact) mass is 483 g/mol. The van der Waals surface area contributed by atoms with Gasteiger partial charge >= 0.3 is 0 Å². The molecule has 0 spiro atoms. The molecule has 0 saturated carbocycles. The Hall–Kier alpha value is -3.45. The summed E-state index contributed by atoms with van der Waals surface area (Å²) in [5.41, 5.74) is 4.95. The van der Waals surface area contributed by atoms with Crippen molar-refractivity contribution in [3.8, 4) is 0 Å². The van der Waals surface area contributed by atoms with Crippen LogP contribution >= 0.6 is 11.3 Å². The second kappa shape index (κ2) is 9.66. The van der Waals surface area contributed by atoms with Crippen molar-refractivity contribution in [2.75, 3.05) is 36.4 Å². The van der Waals surface area contributed by atoms with Crippen LogP contribution in [0.2, 0.25) is 0 Å². The number of aryl methyl sites for hydroxylation is 1. The van der Waals surface area contributed by atoms with Crippen LogP contribution in [0, 0.1) is 0 Å². The van der Waals surface area contributed by atoms with E-state index < -0.39 is 0 Å². The molecule has 7 heteroatoms. The Morgan fingerprint density at radius 3 is 2.69 bits per heavy atom. The highest BCUT2D eigenvalue weighted by Crippen LogP contribution is 2.32. The first-order valence-corrected chi connectivity index (χ1v) is 13.4. The van der Waals surface area contributed by atoms with Crippen molar-refractivity contribution < 1.29 is 4.79 Å². The fraction of sp³-hybridized carbons (Fsp3) is 0.321. The summed E-state index contributed by atoms with van der Waals surface area (Å²) < 4.78 is 0. The largest absolute Gasteiger partial charge is 0.339 e. The van der Waals surface area contributed by atoms with E-state index in [0.717, 1.165) is 72.1 Å². The smallest absolute Gasteiger partial charge is 0.263 e. The number of hydrogen-bond donors (Lipinski definition) is 1. The van der Waals surface area contributed by atoms with E-state index >= 15 is 0 Å². The van der Waals surface area contributed by atoms with Crippen LogP contribution in [-0.2, 0) is 12.8 Å². The summed E-state index contributed by atoms with van der Waals surface area (Å²) in [6.07, 6.45) is 5.64. The fourth-order valence-electron chi connectivity index (χ4n) is 5.20. The molecule has 2 aromatic carbocycles. The number of aromatic nitrogens is 2. The highest BCUT2D eigenvalue weighted by atomic mass is 32.1. The minimum absolute atomic E-state index is 0.123. The predicted molar refractivity (Wildman–Crippen MR) is 143 cm³/mol. The first-order chi connectivity index (χ1) is 17.3. The van der Waals surface area contributed by atoms with Gasteiger partial charge in [0.25, 0.3) is 5.91 Å². The number of anilines is 3. The van der Waals surface area contributed by atoms with Crippen LogP contribution < -0.4 is 10.2 Å². The van der Waals surface area contributed by atoms with E-state index in [9.17, 15) is 4.79 Å². The first kappa shape index (κ1) is 22.0. The van der Waals surface area contributed by atoms with Crippen LogP contribution in [0.4, 0.5) is 17.5 Å². The van der Waals surface area contributed by atoms with Crippen molar-refractivity contribution in [2.45, 2.75) is 32.1 Å². The Morgan fingerprint density at radius 2 is 1.77 bits per heavy atom. The SMILES string of the molecule is O=C(c1cccs1)N1CCCN(c2nc(Nc3cccc4c3CCCC4)c3ccccc3n2)CC1. The lowest BCUT2D eigenvalue weighted by molar-refractivity contribution is 0.0772. The maximum atomic E-state index is 12.9. The number of hydrogen-bond acceptors (Lipinski definition) is 6. The molecule has 0 radical (unpaired) electrons. The van der Waals surface area contributed by atoms with Gasteiger partial charge in [-0.1, -0.05) is 30.3 Å². The molecule has 0 atom stereocenters. The van der Waals surface area contributed by atoms with E-state index in [2.05, 4.69) is 40.5 Å². The molecule has 2 aliphatic rings. The van der Waals surface area contributed by atoms with Gasteiger partial charge in [0.1, 0.15) is 5.82 Å². The summed E-state index contributed by atoms with van der Waals surface area (Å²) in [6.45, 7) is 2.96. The second-order valence-corrected chi connectivity index (χ2v) is 10.2. The van der Waals surface area contributed by atoms with Gasteiger partial charge in [0.15, 0.2) is 0 Å². The number of amides is 1. The van der Waals surface area contributed by atoms with E-state index in [1.807, 2.05) is 34.5 Å². The van der Waals surface area contributed by atoms with Gasteiger partial charge in [-0.25, -0.2) is 4.98 Å². The molecule has 4 aromatic rings. The number of nitrogens with one attached hydrogen (secondary N) is 1. The average Bonchev–Trinajstić information content (AvgIpc) is 3.33. The molecule has 178 valence electrons. The molecule has 0 unspecified atom stereocenters. The van der Waals surface area contributed by atoms with Crippen molar-refractivity contribution in [3.05, 3.63) is 76.0 Å². The number of thiophene rings is 1. The van der Waals surface area contributed by atoms with Crippen LogP contribution in [0.5, 0.6) is 0 Å². The average molecular weight is 484 g/mol. The van der Waals surface area contributed by atoms with Gasteiger partial charge < -0.3 is 15.1 Å². The molecule has 6 rings (SSSR count). The number of rotatable bonds is 4. The van der Waals surface area contributed by atoms with E-state index in [4.69, 9.17) is 9.97 Å². The third-order valence-corrected chi connectivity index (χ3v) is 7.90. The Kier molecular flexibility index (Phi) is 6.08. The third-order valence-electron chi connectivity index (χ3n) is 7.04. The van der Waals surface area contributed by atoms with Crippen molar-refractivity contribution in [3.63, 3.8) is 0 Å². The summed E-state index contributed by atoms with van der Waals surface area (Å²) in [7, 11) is 0. The van der Waals surface area contributed by atoms with Crippen LogP contribution in [0.3, 0.4) is 0 Å². The Bertz CT molecular complexity index is 1350. The Balaban J connectivity index is 1.29. The Morgan fingerprint density at radius 1 is 0.857 bits per heavy atom. The fourth-order valence-corrected chi connectivity index (χ4v) is 5.89. The van der Waals surface area contributed by atoms with Crippen LogP contribution in [0.25, 0.3) is 10.9 Å². The zero-order valence-electron chi connectivity index (χ0n) is 19.7. The standard InChI is InChI=1S/C28H29N5OS/c34-27(25-14-6-19-35-25)32-15-7-16-33(18-17-32)28-30-24-12-4-3-11-22(24)26(31-28)29-23-13-5-9-20-8-1-2-10-21(20)23/h3-6,9,11-14,19H,1-2,7-8,10,15-18H2,(H,29,30,31). The maximum absolute atomic E-state index is 12.9. The van der Waals surface area contributed by atoms with Crippen molar-refractivity contribution >= 4 is 45.6 Å². The van der Waals surface area contributed by atoms with Crippen molar-refractivity contribution in [2.24, 2.45) is 0 Å². The van der Waals surface area contributed by atoms with Crippen molar-refractivity contribution in [1.29, 1.82) is 0 Å². The zero-order valence-corrected chi connectivity index (χ0v) is 20.6. The number of fused-ring (bicyclic) bond motifs is 2. The van der Waals surface area contributed by atoms with Gasteiger partial charge in [-0.2, -0.15) is 4.98 Å². The lowest BCUT2D eigenvalue weighted by Gasteiger charge is -2.24. The van der Waals surface area contributed by atoms with Crippen LogP contribution in [0.1, 0.15) is 40.1 Å². The topological polar surface area (TPSA) is 61.4 Å². The van der Waals surface area contributed by atoms with E-state index in [-0.39, 0.29) is 5.91 Å². The molecule has 2 aromatic heterocycles. The molecule has 1 N–H and O–H groups in total. The molecule has 6 nitrogen and oxygen atoms in total. The lowest BCUT2D eigenvalue weighted by atomic mass is 9.90. The molecule has 1 fully saturated rings. The van der Waals surface area contributed by atoms with Gasteiger partial charge in [0.05, 0.1) is 10.4 Å². The quantitative estimate of drug-likeness (QED) is 0.405. The molecule has 1 saturated heterocycles. The number of benzene rings is 2. The van der Waals surface area contributed by atoms with Gasteiger partial charge in [0, 0.05) is 37.3 Å². The summed E-state index contributed by atoms with van der Waals surface area (Å²) in [4.78, 5) is 27.8. The number of carbonyl (C=O) groups excluding carboxylic acids is 1. The molecule has 3 heterocycles. The summed E-state index contributed by atoms with van der Waals surface area (Å²) in [5, 5.41) is 6.65. The highest BCUT2D eigenvalue weighted by Gasteiger charge is 2.23. The summed E-state index contributed by atoms with van der Waals surface area (Å²) in [6, 6.07) is 18.6. The zero-order chi connectivity index (χ0) is 23.6. The van der Waals surface area contributed by atoms with Gasteiger partial charge in [-0.05, 0) is 72.9 Å². The van der Waals surface area contributed by atoms with Gasteiger partial charge in [-0.3, -0.25) is 4.79 Å². The molecule has 1 amide bonds.